The van der Waals surface area contributed by atoms with Gasteiger partial charge < -0.3 is 16.0 Å². The molecule has 0 saturated carbocycles. The molecule has 1 amide bonds. The maximum atomic E-state index is 12.1. The van der Waals surface area contributed by atoms with E-state index >= 15 is 0 Å². The molecule has 0 aliphatic heterocycles. The van der Waals surface area contributed by atoms with Crippen molar-refractivity contribution in [2.45, 2.75) is 21.6 Å². The summed E-state index contributed by atoms with van der Waals surface area (Å²) in [5, 5.41) is 15.6. The van der Waals surface area contributed by atoms with E-state index in [-0.39, 0.29) is 139 Å². The van der Waals surface area contributed by atoms with Crippen molar-refractivity contribution in [2.24, 2.45) is 10.2 Å². The maximum absolute atomic E-state index is 12.1. The Hall–Kier alpha value is -2.16. The zero-order chi connectivity index (χ0) is 35.7. The number of carbonyl (C=O) groups excluding carboxylic acids is 1. The Balaban J connectivity index is 0.00000312. The van der Waals surface area contributed by atoms with Crippen LogP contribution in [0.3, 0.4) is 0 Å². The summed E-state index contributed by atoms with van der Waals surface area (Å²) in [6, 6.07) is 14.9. The predicted molar refractivity (Wildman–Crippen MR) is 193 cm³/mol. The molecular weight excluding hydrogens is 797 g/mol. The van der Waals surface area contributed by atoms with Crippen molar-refractivity contribution in [3.05, 3.63) is 78.1 Å². The van der Waals surface area contributed by atoms with E-state index in [1.807, 2.05) is 0 Å². The standard InChI is InChI=1S/C27H21ClN8O10S3.3Na/c1-14(37)29-22-12-16(31-27-33-25(28)32-26(34-27)30-15-5-8-18(9-6-15)47(38,39)40)7-10-21(22)36-35-17-11-20-19(24(13-17)49(44,45)46)3-2-4-23(20)48(41,42)43;;;/h2-13H,1H3,(H,29,37)(H,38,39,40)(H,41,42,43)(H,44,45,46)(H2,30,31,32,33,34);;;. The summed E-state index contributed by atoms with van der Waals surface area (Å²) in [7, 11) is -14.1. The van der Waals surface area contributed by atoms with Crippen molar-refractivity contribution >= 4 is 188 Å². The summed E-state index contributed by atoms with van der Waals surface area (Å²) >= 11 is 6.06. The molecular formula is C27H21ClN8Na3O10S3. The zero-order valence-corrected chi connectivity index (χ0v) is 36.7. The van der Waals surface area contributed by atoms with Gasteiger partial charge in [0.1, 0.15) is 15.5 Å². The van der Waals surface area contributed by atoms with E-state index in [1.54, 1.807) is 0 Å². The first-order chi connectivity index (χ1) is 22.9. The third kappa shape index (κ3) is 11.9. The number of nitrogens with one attached hydrogen (secondary N) is 3. The second-order valence-electron chi connectivity index (χ2n) is 9.86. The molecule has 0 aliphatic rings. The molecule has 0 unspecified atom stereocenters. The topological polar surface area (TPSA) is 280 Å². The van der Waals surface area contributed by atoms with Gasteiger partial charge in [-0.3, -0.25) is 18.5 Å². The van der Waals surface area contributed by atoms with E-state index in [0.29, 0.717) is 11.4 Å². The molecule has 25 heteroatoms. The van der Waals surface area contributed by atoms with E-state index < -0.39 is 46.1 Å². The van der Waals surface area contributed by atoms with Gasteiger partial charge in [0.05, 0.1) is 16.3 Å². The molecule has 5 aromatic rings. The molecule has 4 aromatic carbocycles. The number of hydrogen-bond acceptors (Lipinski definition) is 14. The number of anilines is 5. The molecule has 0 aliphatic carbocycles. The number of aromatic nitrogens is 3. The molecule has 6 N–H and O–H groups in total. The van der Waals surface area contributed by atoms with Crippen LogP contribution in [0.5, 0.6) is 0 Å². The monoisotopic (exact) mass is 817 g/mol. The number of rotatable bonds is 10. The Morgan fingerprint density at radius 2 is 1.25 bits per heavy atom. The summed E-state index contributed by atoms with van der Waals surface area (Å²) in [6.07, 6.45) is 0. The molecule has 0 fully saturated rings. The molecule has 52 heavy (non-hydrogen) atoms. The Kier molecular flexibility index (Phi) is 16.3. The number of halogens is 1. The first-order valence-electron chi connectivity index (χ1n) is 13.3. The van der Waals surface area contributed by atoms with Crippen molar-refractivity contribution in [1.82, 2.24) is 15.0 Å². The van der Waals surface area contributed by atoms with Crippen LogP contribution in [0.15, 0.2) is 97.7 Å². The van der Waals surface area contributed by atoms with Crippen molar-refractivity contribution in [3.8, 4) is 0 Å². The van der Waals surface area contributed by atoms with Crippen LogP contribution in [0, 0.1) is 0 Å². The molecule has 0 saturated heterocycles. The van der Waals surface area contributed by atoms with Crippen LogP contribution in [0.25, 0.3) is 10.8 Å². The molecule has 18 nitrogen and oxygen atoms in total. The van der Waals surface area contributed by atoms with Crippen molar-refractivity contribution < 1.29 is 43.7 Å². The minimum atomic E-state index is -4.89. The van der Waals surface area contributed by atoms with Crippen LogP contribution >= 0.6 is 11.6 Å². The van der Waals surface area contributed by atoms with Crippen LogP contribution in [0.4, 0.5) is 40.3 Å². The van der Waals surface area contributed by atoms with Gasteiger partial charge in [-0.2, -0.15) is 45.3 Å². The van der Waals surface area contributed by atoms with E-state index in [4.69, 9.17) is 16.2 Å². The van der Waals surface area contributed by atoms with Crippen LogP contribution in [0.1, 0.15) is 6.92 Å². The molecule has 0 bridgehead atoms. The third-order valence-electron chi connectivity index (χ3n) is 6.31. The molecule has 0 atom stereocenters. The van der Waals surface area contributed by atoms with Gasteiger partial charge >= 0.3 is 0 Å². The average Bonchev–Trinajstić information content (AvgIpc) is 2.98. The Morgan fingerprint density at radius 1 is 0.673 bits per heavy atom. The number of fused-ring (bicyclic) bond motifs is 1. The van der Waals surface area contributed by atoms with Gasteiger partial charge in [0.2, 0.25) is 23.1 Å². The fourth-order valence-corrected chi connectivity index (χ4v) is 6.40. The van der Waals surface area contributed by atoms with Crippen molar-refractivity contribution in [3.63, 3.8) is 0 Å². The van der Waals surface area contributed by atoms with E-state index in [0.717, 1.165) is 30.3 Å². The number of amides is 1. The van der Waals surface area contributed by atoms with Crippen molar-refractivity contribution in [2.75, 3.05) is 16.0 Å². The third-order valence-corrected chi connectivity index (χ3v) is 9.15. The SMILES string of the molecule is CC(=O)Nc1cc(Nc2nc(Cl)nc(Nc3ccc(S(=O)(=O)O)cc3)n2)ccc1N=Nc1cc(S(=O)(=O)O)c2cccc(S(=O)(=O)O)c2c1.[Na].[Na].[Na]. The van der Waals surface area contributed by atoms with Crippen LogP contribution < -0.4 is 16.0 Å². The average molecular weight is 818 g/mol. The second-order valence-corrected chi connectivity index (χ2v) is 14.4. The Labute approximate surface area is 367 Å². The van der Waals surface area contributed by atoms with Gasteiger partial charge in [-0.05, 0) is 72.3 Å². The maximum Gasteiger partial charge on any atom is 0.295 e. The summed E-state index contributed by atoms with van der Waals surface area (Å²) < 4.78 is 99.4. The number of benzene rings is 4. The van der Waals surface area contributed by atoms with Gasteiger partial charge in [0, 0.05) is 118 Å². The number of azo groups is 1. The van der Waals surface area contributed by atoms with Crippen LogP contribution in [-0.2, 0) is 35.1 Å². The molecule has 5 rings (SSSR count). The van der Waals surface area contributed by atoms with E-state index in [1.165, 1.54) is 49.4 Å². The van der Waals surface area contributed by atoms with Crippen LogP contribution in [0.2, 0.25) is 5.28 Å². The Bertz CT molecular complexity index is 2520. The molecule has 3 radical (unpaired) electrons. The fraction of sp³-hybridized carbons (Fsp3) is 0.0370. The van der Waals surface area contributed by atoms with Gasteiger partial charge in [0.25, 0.3) is 30.4 Å². The van der Waals surface area contributed by atoms with E-state index in [9.17, 15) is 39.2 Å². The first-order valence-corrected chi connectivity index (χ1v) is 17.9. The normalized spacial score (nSPS) is 11.6. The Morgan fingerprint density at radius 3 is 1.81 bits per heavy atom. The van der Waals surface area contributed by atoms with Gasteiger partial charge in [-0.15, -0.1) is 5.11 Å². The summed E-state index contributed by atoms with van der Waals surface area (Å²) in [5.74, 6) is -0.587. The smallest absolute Gasteiger partial charge is 0.295 e. The minimum absolute atomic E-state index is 0. The number of hydrogen-bond donors (Lipinski definition) is 6. The van der Waals surface area contributed by atoms with Gasteiger partial charge in [-0.25, -0.2) is 0 Å². The zero-order valence-electron chi connectivity index (χ0n) is 27.5. The summed E-state index contributed by atoms with van der Waals surface area (Å²) in [4.78, 5) is 22.5. The van der Waals surface area contributed by atoms with Crippen molar-refractivity contribution in [1.29, 1.82) is 0 Å². The number of carbonyl (C=O) groups is 1. The van der Waals surface area contributed by atoms with Gasteiger partial charge in [0.15, 0.2) is 0 Å². The molecule has 1 aromatic heterocycles. The quantitative estimate of drug-likeness (QED) is 0.0656. The molecule has 1 heterocycles. The van der Waals surface area contributed by atoms with Gasteiger partial charge in [-0.1, -0.05) is 12.1 Å². The fourth-order valence-electron chi connectivity index (χ4n) is 4.34. The minimum Gasteiger partial charge on any atom is -0.324 e. The van der Waals surface area contributed by atoms with E-state index in [2.05, 4.69) is 41.1 Å². The van der Waals surface area contributed by atoms with Crippen LogP contribution in [-0.4, -0.2) is 148 Å². The summed E-state index contributed by atoms with van der Waals surface area (Å²) in [5.41, 5.74) is 0.604. The second kappa shape index (κ2) is 18.4. The molecule has 0 spiro atoms. The first kappa shape index (κ1) is 46.0. The number of nitrogens with zero attached hydrogens (tertiary/aromatic N) is 5. The molecule has 257 valence electrons. The summed E-state index contributed by atoms with van der Waals surface area (Å²) in [6.45, 7) is 1.23. The largest absolute Gasteiger partial charge is 0.324 e. The predicted octanol–water partition coefficient (Wildman–Crippen LogP) is 4.14.